The van der Waals surface area contributed by atoms with Crippen LogP contribution in [0, 0.1) is 11.8 Å². The smallest absolute Gasteiger partial charge is 0.193 e. The van der Waals surface area contributed by atoms with Gasteiger partial charge in [-0.25, -0.2) is 8.42 Å². The number of likely N-dealkylation sites (tertiary alicyclic amines) is 1. The van der Waals surface area contributed by atoms with Gasteiger partial charge in [0, 0.05) is 26.7 Å². The van der Waals surface area contributed by atoms with Crippen LogP contribution in [0.4, 0.5) is 0 Å². The molecule has 142 valence electrons. The van der Waals surface area contributed by atoms with Crippen LogP contribution in [0.25, 0.3) is 0 Å². The Balaban J connectivity index is 0.00000312. The van der Waals surface area contributed by atoms with Gasteiger partial charge in [0.05, 0.1) is 10.6 Å². The molecular formula is C18H30IN3O2S. The first-order valence-electron chi connectivity index (χ1n) is 8.65. The second-order valence-corrected chi connectivity index (χ2v) is 8.92. The summed E-state index contributed by atoms with van der Waals surface area (Å²) in [5.41, 5.74) is 0. The van der Waals surface area contributed by atoms with E-state index in [2.05, 4.69) is 29.1 Å². The van der Waals surface area contributed by atoms with E-state index in [1.807, 2.05) is 6.07 Å². The molecule has 0 bridgehead atoms. The molecular weight excluding hydrogens is 449 g/mol. The molecule has 1 heterocycles. The van der Waals surface area contributed by atoms with Crippen molar-refractivity contribution in [2.24, 2.45) is 16.8 Å². The fourth-order valence-corrected chi connectivity index (χ4v) is 4.71. The van der Waals surface area contributed by atoms with Crippen LogP contribution in [0.5, 0.6) is 0 Å². The van der Waals surface area contributed by atoms with Gasteiger partial charge in [0.1, 0.15) is 0 Å². The quantitative estimate of drug-likeness (QED) is 0.305. The number of guanidine groups is 1. The first kappa shape index (κ1) is 22.2. The third kappa shape index (κ3) is 6.77. The second kappa shape index (κ2) is 10.4. The number of nitrogens with one attached hydrogen (secondary N) is 1. The van der Waals surface area contributed by atoms with Crippen LogP contribution < -0.4 is 5.32 Å². The maximum Gasteiger partial charge on any atom is 0.193 e. The summed E-state index contributed by atoms with van der Waals surface area (Å²) in [4.78, 5) is 7.03. The van der Waals surface area contributed by atoms with Gasteiger partial charge in [-0.1, -0.05) is 32.0 Å². The Kier molecular flexibility index (Phi) is 9.20. The minimum Gasteiger partial charge on any atom is -0.356 e. The molecule has 7 heteroatoms. The zero-order chi connectivity index (χ0) is 17.6. The summed E-state index contributed by atoms with van der Waals surface area (Å²) in [5, 5.41) is 3.32. The molecule has 1 fully saturated rings. The van der Waals surface area contributed by atoms with Crippen LogP contribution in [0.2, 0.25) is 0 Å². The van der Waals surface area contributed by atoms with Gasteiger partial charge in [-0.05, 0) is 36.8 Å². The van der Waals surface area contributed by atoms with Crippen LogP contribution >= 0.6 is 24.0 Å². The van der Waals surface area contributed by atoms with Crippen molar-refractivity contribution in [1.29, 1.82) is 0 Å². The Morgan fingerprint density at radius 2 is 1.80 bits per heavy atom. The van der Waals surface area contributed by atoms with Crippen molar-refractivity contribution < 1.29 is 8.42 Å². The molecule has 0 spiro atoms. The molecule has 0 amide bonds. The summed E-state index contributed by atoms with van der Waals surface area (Å²) in [7, 11) is -1.42. The number of piperidine rings is 1. The number of rotatable bonds is 5. The lowest BCUT2D eigenvalue weighted by Crippen LogP contribution is -2.48. The van der Waals surface area contributed by atoms with E-state index in [4.69, 9.17) is 0 Å². The lowest BCUT2D eigenvalue weighted by atomic mass is 9.92. The fourth-order valence-electron chi connectivity index (χ4n) is 3.38. The van der Waals surface area contributed by atoms with Gasteiger partial charge in [0.15, 0.2) is 15.8 Å². The molecule has 1 aliphatic rings. The first-order chi connectivity index (χ1) is 11.4. The van der Waals surface area contributed by atoms with Gasteiger partial charge in [-0.3, -0.25) is 4.99 Å². The van der Waals surface area contributed by atoms with Crippen molar-refractivity contribution in [3.8, 4) is 0 Å². The molecule has 0 radical (unpaired) electrons. The van der Waals surface area contributed by atoms with Crippen LogP contribution in [0.1, 0.15) is 26.7 Å². The van der Waals surface area contributed by atoms with E-state index >= 15 is 0 Å². The van der Waals surface area contributed by atoms with Crippen LogP contribution in [0.3, 0.4) is 0 Å². The van der Waals surface area contributed by atoms with E-state index in [-0.39, 0.29) is 29.7 Å². The first-order valence-corrected chi connectivity index (χ1v) is 10.3. The Bertz CT molecular complexity index is 640. The Morgan fingerprint density at radius 1 is 1.20 bits per heavy atom. The summed E-state index contributed by atoms with van der Waals surface area (Å²) < 4.78 is 24.5. The van der Waals surface area contributed by atoms with E-state index in [0.717, 1.165) is 19.0 Å². The van der Waals surface area contributed by atoms with Crippen molar-refractivity contribution >= 4 is 39.8 Å². The number of nitrogens with zero attached hydrogens (tertiary/aromatic N) is 2. The average Bonchev–Trinajstić information content (AvgIpc) is 2.55. The lowest BCUT2D eigenvalue weighted by Gasteiger charge is -2.37. The highest BCUT2D eigenvalue weighted by Gasteiger charge is 2.24. The van der Waals surface area contributed by atoms with Crippen LogP contribution in [0.15, 0.2) is 40.2 Å². The molecule has 1 N–H and O–H groups in total. The molecule has 0 aliphatic carbocycles. The molecule has 2 atom stereocenters. The van der Waals surface area contributed by atoms with Crippen molar-refractivity contribution in [1.82, 2.24) is 10.2 Å². The third-order valence-electron chi connectivity index (χ3n) is 4.36. The monoisotopic (exact) mass is 479 g/mol. The zero-order valence-corrected chi connectivity index (χ0v) is 18.5. The SMILES string of the molecule is CN=C(NCCCS(=O)(=O)c1ccccc1)N1CC(C)CC(C)C1.I. The van der Waals surface area contributed by atoms with Crippen LogP contribution in [-0.2, 0) is 9.84 Å². The third-order valence-corrected chi connectivity index (χ3v) is 6.17. The number of hydrogen-bond donors (Lipinski definition) is 1. The number of aliphatic imine (C=N–C) groups is 1. The summed E-state index contributed by atoms with van der Waals surface area (Å²) >= 11 is 0. The minimum atomic E-state index is -3.20. The van der Waals surface area contributed by atoms with Crippen molar-refractivity contribution in [2.45, 2.75) is 31.6 Å². The Hall–Kier alpha value is -0.830. The van der Waals surface area contributed by atoms with E-state index in [0.29, 0.717) is 29.7 Å². The van der Waals surface area contributed by atoms with Crippen molar-refractivity contribution in [2.75, 3.05) is 32.4 Å². The highest BCUT2D eigenvalue weighted by molar-refractivity contribution is 14.0. The largest absolute Gasteiger partial charge is 0.356 e. The number of hydrogen-bond acceptors (Lipinski definition) is 3. The van der Waals surface area contributed by atoms with Gasteiger partial charge in [-0.15, -0.1) is 24.0 Å². The molecule has 0 saturated carbocycles. The summed E-state index contributed by atoms with van der Waals surface area (Å²) in [6.45, 7) is 7.15. The van der Waals surface area contributed by atoms with Crippen LogP contribution in [-0.4, -0.2) is 51.7 Å². The number of sulfone groups is 1. The van der Waals surface area contributed by atoms with Gasteiger partial charge in [0.25, 0.3) is 0 Å². The topological polar surface area (TPSA) is 61.8 Å². The molecule has 2 rings (SSSR count). The molecule has 5 nitrogen and oxygen atoms in total. The normalized spacial score (nSPS) is 21.6. The van der Waals surface area contributed by atoms with Gasteiger partial charge >= 0.3 is 0 Å². The van der Waals surface area contributed by atoms with Gasteiger partial charge in [-0.2, -0.15) is 0 Å². The molecule has 0 aromatic heterocycles. The van der Waals surface area contributed by atoms with E-state index < -0.39 is 9.84 Å². The average molecular weight is 479 g/mol. The number of halogens is 1. The number of benzene rings is 1. The van der Waals surface area contributed by atoms with E-state index in [9.17, 15) is 8.42 Å². The second-order valence-electron chi connectivity index (χ2n) is 6.81. The van der Waals surface area contributed by atoms with Gasteiger partial charge in [0.2, 0.25) is 0 Å². The molecule has 1 aromatic carbocycles. The molecule has 25 heavy (non-hydrogen) atoms. The van der Waals surface area contributed by atoms with Crippen molar-refractivity contribution in [3.63, 3.8) is 0 Å². The molecule has 2 unspecified atom stereocenters. The zero-order valence-electron chi connectivity index (χ0n) is 15.3. The standard InChI is InChI=1S/C18H29N3O2S.HI/c1-15-12-16(2)14-21(13-15)18(19-3)20-10-7-11-24(22,23)17-8-5-4-6-9-17;/h4-6,8-9,15-16H,7,10-14H2,1-3H3,(H,19,20);1H. The predicted molar refractivity (Wildman–Crippen MR) is 114 cm³/mol. The maximum atomic E-state index is 12.3. The Labute approximate surface area is 169 Å². The fraction of sp³-hybridized carbons (Fsp3) is 0.611. The Morgan fingerprint density at radius 3 is 2.36 bits per heavy atom. The molecule has 1 aromatic rings. The lowest BCUT2D eigenvalue weighted by molar-refractivity contribution is 0.208. The highest BCUT2D eigenvalue weighted by atomic mass is 127. The maximum absolute atomic E-state index is 12.3. The summed E-state index contributed by atoms with van der Waals surface area (Å²) in [6.07, 6.45) is 1.82. The molecule has 1 aliphatic heterocycles. The summed E-state index contributed by atoms with van der Waals surface area (Å²) in [6, 6.07) is 8.64. The van der Waals surface area contributed by atoms with E-state index in [1.54, 1.807) is 31.3 Å². The minimum absolute atomic E-state index is 0. The summed E-state index contributed by atoms with van der Waals surface area (Å²) in [5.74, 6) is 2.34. The predicted octanol–water partition coefficient (Wildman–Crippen LogP) is 3.02. The highest BCUT2D eigenvalue weighted by Crippen LogP contribution is 2.20. The van der Waals surface area contributed by atoms with Gasteiger partial charge < -0.3 is 10.2 Å². The van der Waals surface area contributed by atoms with Crippen molar-refractivity contribution in [3.05, 3.63) is 30.3 Å². The van der Waals surface area contributed by atoms with E-state index in [1.165, 1.54) is 6.42 Å². The molecule has 1 saturated heterocycles.